The molecule has 0 unspecified atom stereocenters. The summed E-state index contributed by atoms with van der Waals surface area (Å²) in [7, 11) is 1.34. The minimum Gasteiger partial charge on any atom is -0.492 e. The number of ether oxygens (including phenoxy) is 1. The predicted molar refractivity (Wildman–Crippen MR) is 78.4 cm³/mol. The van der Waals surface area contributed by atoms with Crippen LogP contribution in [0.25, 0.3) is 22.2 Å². The topological polar surface area (TPSA) is 55.0 Å². The van der Waals surface area contributed by atoms with Crippen molar-refractivity contribution in [3.05, 3.63) is 47.0 Å². The van der Waals surface area contributed by atoms with E-state index in [1.54, 1.807) is 18.3 Å². The first-order valence-corrected chi connectivity index (χ1v) is 6.49. The molecule has 0 saturated carbocycles. The van der Waals surface area contributed by atoms with E-state index < -0.39 is 5.82 Å². The normalized spacial score (nSPS) is 10.8. The fourth-order valence-corrected chi connectivity index (χ4v) is 2.45. The number of aldehydes is 1. The smallest absolute Gasteiger partial charge is 0.175 e. The highest BCUT2D eigenvalue weighted by atomic mass is 35.5. The molecule has 3 aromatic rings. The summed E-state index contributed by atoms with van der Waals surface area (Å²) in [5.41, 5.74) is 1.50. The third-order valence-corrected chi connectivity index (χ3v) is 3.52. The van der Waals surface area contributed by atoms with E-state index in [-0.39, 0.29) is 22.0 Å². The van der Waals surface area contributed by atoms with Gasteiger partial charge in [-0.3, -0.25) is 4.79 Å². The molecule has 0 amide bonds. The molecule has 0 saturated heterocycles. The fourth-order valence-electron chi connectivity index (χ4n) is 2.23. The number of aromatic nitrogens is 2. The van der Waals surface area contributed by atoms with Gasteiger partial charge in [-0.25, -0.2) is 9.37 Å². The van der Waals surface area contributed by atoms with E-state index in [4.69, 9.17) is 16.3 Å². The van der Waals surface area contributed by atoms with Crippen molar-refractivity contribution in [3.8, 4) is 17.0 Å². The van der Waals surface area contributed by atoms with Crippen molar-refractivity contribution in [2.24, 2.45) is 0 Å². The number of methoxy groups -OCH3 is 1. The van der Waals surface area contributed by atoms with Gasteiger partial charge in [0.1, 0.15) is 5.69 Å². The average molecular weight is 305 g/mol. The lowest BCUT2D eigenvalue weighted by Crippen LogP contribution is -1.97. The van der Waals surface area contributed by atoms with Crippen LogP contribution in [0.4, 0.5) is 4.39 Å². The monoisotopic (exact) mass is 304 g/mol. The van der Waals surface area contributed by atoms with E-state index in [9.17, 15) is 9.18 Å². The second-order valence-corrected chi connectivity index (χ2v) is 4.80. The number of hydrogen-bond donors (Lipinski definition) is 1. The van der Waals surface area contributed by atoms with Crippen LogP contribution in [0.3, 0.4) is 0 Å². The summed E-state index contributed by atoms with van der Waals surface area (Å²) in [4.78, 5) is 18.3. The van der Waals surface area contributed by atoms with Crippen molar-refractivity contribution >= 4 is 28.8 Å². The van der Waals surface area contributed by atoms with Crippen molar-refractivity contribution in [2.45, 2.75) is 0 Å². The quantitative estimate of drug-likeness (QED) is 0.748. The third-order valence-electron chi connectivity index (χ3n) is 3.22. The van der Waals surface area contributed by atoms with Crippen LogP contribution in [-0.2, 0) is 0 Å². The number of carbonyl (C=O) groups excluding carboxylic acids is 1. The van der Waals surface area contributed by atoms with Crippen molar-refractivity contribution < 1.29 is 13.9 Å². The first-order chi connectivity index (χ1) is 10.2. The highest BCUT2D eigenvalue weighted by Gasteiger charge is 2.17. The largest absolute Gasteiger partial charge is 0.492 e. The molecule has 0 aliphatic heterocycles. The number of halogens is 2. The molecule has 6 heteroatoms. The molecule has 21 heavy (non-hydrogen) atoms. The molecule has 0 bridgehead atoms. The van der Waals surface area contributed by atoms with Crippen molar-refractivity contribution in [1.82, 2.24) is 9.97 Å². The number of fused-ring (bicyclic) bond motifs is 1. The Bertz CT molecular complexity index is 845. The zero-order valence-electron chi connectivity index (χ0n) is 11.0. The first-order valence-electron chi connectivity index (χ1n) is 6.11. The number of aromatic amines is 1. The molecule has 4 nitrogen and oxygen atoms in total. The number of nitrogens with zero attached hydrogens (tertiary/aromatic N) is 1. The van der Waals surface area contributed by atoms with Gasteiger partial charge in [0.15, 0.2) is 17.9 Å². The minimum atomic E-state index is -0.611. The Hall–Kier alpha value is -2.40. The molecule has 1 aromatic carbocycles. The molecule has 2 heterocycles. The van der Waals surface area contributed by atoms with Gasteiger partial charge in [-0.15, -0.1) is 0 Å². The van der Waals surface area contributed by atoms with Gasteiger partial charge in [0.25, 0.3) is 0 Å². The van der Waals surface area contributed by atoms with Crippen molar-refractivity contribution in [3.63, 3.8) is 0 Å². The molecule has 3 rings (SSSR count). The van der Waals surface area contributed by atoms with E-state index in [1.165, 1.54) is 19.2 Å². The second kappa shape index (κ2) is 5.18. The van der Waals surface area contributed by atoms with Gasteiger partial charge in [0.2, 0.25) is 0 Å². The summed E-state index contributed by atoms with van der Waals surface area (Å²) < 4.78 is 19.4. The van der Waals surface area contributed by atoms with Crippen LogP contribution >= 0.6 is 11.6 Å². The molecular formula is C15H10ClFN2O2. The Labute approximate surface area is 124 Å². The first kappa shape index (κ1) is 13.6. The number of nitrogens with one attached hydrogen (secondary N) is 1. The Morgan fingerprint density at radius 1 is 1.38 bits per heavy atom. The molecule has 106 valence electrons. The number of benzene rings is 1. The van der Waals surface area contributed by atoms with Crippen molar-refractivity contribution in [2.75, 3.05) is 7.11 Å². The van der Waals surface area contributed by atoms with Crippen LogP contribution in [0, 0.1) is 5.82 Å². The van der Waals surface area contributed by atoms with Crippen LogP contribution in [0.1, 0.15) is 10.5 Å². The lowest BCUT2D eigenvalue weighted by Gasteiger charge is -2.09. The van der Waals surface area contributed by atoms with Crippen LogP contribution in [0.2, 0.25) is 5.02 Å². The average Bonchev–Trinajstić information content (AvgIpc) is 2.95. The van der Waals surface area contributed by atoms with E-state index >= 15 is 0 Å². The maximum absolute atomic E-state index is 14.4. The summed E-state index contributed by atoms with van der Waals surface area (Å²) in [6.07, 6.45) is 2.34. The lowest BCUT2D eigenvalue weighted by atomic mass is 10.1. The fraction of sp³-hybridized carbons (Fsp3) is 0.0667. The number of pyridine rings is 1. The van der Waals surface area contributed by atoms with Gasteiger partial charge in [-0.05, 0) is 24.3 Å². The molecule has 0 radical (unpaired) electrons. The van der Waals surface area contributed by atoms with Gasteiger partial charge in [0, 0.05) is 22.7 Å². The Balaban J connectivity index is 2.27. The maximum atomic E-state index is 14.4. The molecule has 0 atom stereocenters. The van der Waals surface area contributed by atoms with E-state index in [0.717, 1.165) is 0 Å². The minimum absolute atomic E-state index is 0.0461. The van der Waals surface area contributed by atoms with Crippen LogP contribution in [0.5, 0.6) is 5.75 Å². The molecular weight excluding hydrogens is 295 g/mol. The summed E-state index contributed by atoms with van der Waals surface area (Å²) in [5.74, 6) is -0.657. The summed E-state index contributed by atoms with van der Waals surface area (Å²) >= 11 is 5.88. The molecule has 2 aromatic heterocycles. The second-order valence-electron chi connectivity index (χ2n) is 4.39. The number of H-pyrrole nitrogens is 1. The van der Waals surface area contributed by atoms with Gasteiger partial charge < -0.3 is 9.72 Å². The maximum Gasteiger partial charge on any atom is 0.175 e. The van der Waals surface area contributed by atoms with Gasteiger partial charge in [0.05, 0.1) is 17.8 Å². The summed E-state index contributed by atoms with van der Waals surface area (Å²) in [6, 6.07) is 6.45. The highest BCUT2D eigenvalue weighted by Crippen LogP contribution is 2.35. The van der Waals surface area contributed by atoms with E-state index in [1.807, 2.05) is 0 Å². The zero-order chi connectivity index (χ0) is 15.0. The standard InChI is InChI=1S/C15H10ClFN2O2/c1-21-15-10(16)3-2-9(14(15)17)12-6-11-8(4-5-18-11)13(7-20)19-12/h2-7,18H,1H3. The number of hydrogen-bond acceptors (Lipinski definition) is 3. The molecule has 0 spiro atoms. The molecule has 0 aliphatic carbocycles. The Kier molecular flexibility index (Phi) is 3.35. The van der Waals surface area contributed by atoms with E-state index in [2.05, 4.69) is 9.97 Å². The van der Waals surface area contributed by atoms with Gasteiger partial charge >= 0.3 is 0 Å². The van der Waals surface area contributed by atoms with Gasteiger partial charge in [-0.2, -0.15) is 0 Å². The molecule has 0 fully saturated rings. The summed E-state index contributed by atoms with van der Waals surface area (Å²) in [6.45, 7) is 0. The van der Waals surface area contributed by atoms with E-state index in [0.29, 0.717) is 22.9 Å². The zero-order valence-corrected chi connectivity index (χ0v) is 11.7. The van der Waals surface area contributed by atoms with Gasteiger partial charge in [-0.1, -0.05) is 11.6 Å². The van der Waals surface area contributed by atoms with Crippen LogP contribution in [-0.4, -0.2) is 23.4 Å². The van der Waals surface area contributed by atoms with Crippen LogP contribution < -0.4 is 4.74 Å². The highest BCUT2D eigenvalue weighted by molar-refractivity contribution is 6.32. The molecule has 1 N–H and O–H groups in total. The van der Waals surface area contributed by atoms with Crippen LogP contribution in [0.15, 0.2) is 30.5 Å². The predicted octanol–water partition coefficient (Wildman–Crippen LogP) is 3.84. The third kappa shape index (κ3) is 2.15. The summed E-state index contributed by atoms with van der Waals surface area (Å²) in [5, 5.41) is 0.866. The lowest BCUT2D eigenvalue weighted by molar-refractivity contribution is 0.112. The molecule has 0 aliphatic rings. The van der Waals surface area contributed by atoms with Crippen molar-refractivity contribution in [1.29, 1.82) is 0 Å². The Morgan fingerprint density at radius 2 is 2.19 bits per heavy atom. The number of rotatable bonds is 3. The SMILES string of the molecule is COc1c(Cl)ccc(-c2cc3[nH]ccc3c(C=O)n2)c1F. The number of carbonyl (C=O) groups is 1. The Morgan fingerprint density at radius 3 is 2.90 bits per heavy atom.